The monoisotopic (exact) mass is 254 g/mol. The summed E-state index contributed by atoms with van der Waals surface area (Å²) in [7, 11) is -3.17. The van der Waals surface area contributed by atoms with Gasteiger partial charge in [0.15, 0.2) is 0 Å². The Bertz CT molecular complexity index is 478. The molecule has 1 aromatic carbocycles. The van der Waals surface area contributed by atoms with E-state index in [1.807, 2.05) is 24.3 Å². The van der Waals surface area contributed by atoms with Gasteiger partial charge in [-0.15, -0.1) is 0 Å². The lowest BCUT2D eigenvalue weighted by molar-refractivity contribution is 0.591. The van der Waals surface area contributed by atoms with E-state index in [1.54, 1.807) is 11.2 Å². The van der Waals surface area contributed by atoms with Crippen molar-refractivity contribution in [3.8, 4) is 0 Å². The minimum Gasteiger partial charge on any atom is -0.326 e. The molecule has 0 unspecified atom stereocenters. The van der Waals surface area contributed by atoms with E-state index in [0.29, 0.717) is 6.54 Å². The molecule has 1 fully saturated rings. The zero-order valence-electron chi connectivity index (χ0n) is 9.96. The van der Waals surface area contributed by atoms with Crippen molar-refractivity contribution in [2.75, 3.05) is 10.1 Å². The van der Waals surface area contributed by atoms with Crippen molar-refractivity contribution in [3.05, 3.63) is 29.8 Å². The lowest BCUT2D eigenvalue weighted by Gasteiger charge is -2.23. The molecule has 0 bridgehead atoms. The average Bonchev–Trinajstić information content (AvgIpc) is 3.14. The van der Waals surface area contributed by atoms with Crippen LogP contribution in [0.4, 0.5) is 5.69 Å². The van der Waals surface area contributed by atoms with Crippen LogP contribution in [0.1, 0.15) is 25.3 Å². The second kappa shape index (κ2) is 4.66. The van der Waals surface area contributed by atoms with Crippen LogP contribution >= 0.6 is 0 Å². The molecule has 1 saturated carbocycles. The number of anilines is 1. The molecule has 2 N–H and O–H groups in total. The Morgan fingerprint density at radius 1 is 1.29 bits per heavy atom. The molecule has 0 radical (unpaired) electrons. The van der Waals surface area contributed by atoms with Gasteiger partial charge in [-0.05, 0) is 37.5 Å². The molecule has 1 aliphatic rings. The van der Waals surface area contributed by atoms with Gasteiger partial charge in [0.25, 0.3) is 0 Å². The third kappa shape index (κ3) is 2.61. The fourth-order valence-electron chi connectivity index (χ4n) is 1.83. The summed E-state index contributed by atoms with van der Waals surface area (Å²) < 4.78 is 25.6. The molecule has 0 aliphatic heterocycles. The molecule has 0 aromatic heterocycles. The summed E-state index contributed by atoms with van der Waals surface area (Å²) in [6.45, 7) is 2.16. The number of hydrogen-bond donors (Lipinski definition) is 1. The first kappa shape index (κ1) is 12.4. The van der Waals surface area contributed by atoms with Crippen LogP contribution in [0.3, 0.4) is 0 Å². The molecule has 94 valence electrons. The average molecular weight is 254 g/mol. The molecule has 0 saturated heterocycles. The SMILES string of the molecule is CCS(=O)(=O)N(c1ccc(CN)cc1)C1CC1. The Kier molecular flexibility index (Phi) is 3.40. The second-order valence-corrected chi connectivity index (χ2v) is 6.43. The highest BCUT2D eigenvalue weighted by Gasteiger charge is 2.36. The minimum absolute atomic E-state index is 0.141. The molecule has 0 spiro atoms. The Morgan fingerprint density at radius 3 is 2.29 bits per heavy atom. The quantitative estimate of drug-likeness (QED) is 0.865. The van der Waals surface area contributed by atoms with Crippen molar-refractivity contribution >= 4 is 15.7 Å². The lowest BCUT2D eigenvalue weighted by atomic mass is 10.2. The maximum atomic E-state index is 12.0. The number of nitrogens with two attached hydrogens (primary N) is 1. The molecule has 2 rings (SSSR count). The van der Waals surface area contributed by atoms with Gasteiger partial charge in [-0.25, -0.2) is 8.42 Å². The van der Waals surface area contributed by atoms with E-state index in [-0.39, 0.29) is 11.8 Å². The van der Waals surface area contributed by atoms with Crippen molar-refractivity contribution in [1.82, 2.24) is 0 Å². The Hall–Kier alpha value is -1.07. The summed E-state index contributed by atoms with van der Waals surface area (Å²) in [6.07, 6.45) is 1.91. The largest absolute Gasteiger partial charge is 0.326 e. The van der Waals surface area contributed by atoms with Crippen molar-refractivity contribution in [2.45, 2.75) is 32.4 Å². The van der Waals surface area contributed by atoms with Gasteiger partial charge in [-0.2, -0.15) is 0 Å². The first-order chi connectivity index (χ1) is 8.08. The standard InChI is InChI=1S/C12H18N2O2S/c1-2-17(15,16)14(12-7-8-12)11-5-3-10(9-13)4-6-11/h3-6,12H,2,7-9,13H2,1H3. The Balaban J connectivity index is 2.33. The minimum atomic E-state index is -3.17. The normalized spacial score (nSPS) is 15.9. The van der Waals surface area contributed by atoms with Gasteiger partial charge in [0.05, 0.1) is 11.4 Å². The van der Waals surface area contributed by atoms with E-state index >= 15 is 0 Å². The predicted molar refractivity (Wildman–Crippen MR) is 69.3 cm³/mol. The van der Waals surface area contributed by atoms with Gasteiger partial charge in [0.1, 0.15) is 0 Å². The summed E-state index contributed by atoms with van der Waals surface area (Å²) in [5.41, 5.74) is 7.30. The molecule has 0 atom stereocenters. The van der Waals surface area contributed by atoms with Crippen LogP contribution in [0.25, 0.3) is 0 Å². The molecule has 1 aromatic rings. The van der Waals surface area contributed by atoms with Gasteiger partial charge in [0.2, 0.25) is 10.0 Å². The fourth-order valence-corrected chi connectivity index (χ4v) is 3.21. The summed E-state index contributed by atoms with van der Waals surface area (Å²) in [5.74, 6) is 0.141. The van der Waals surface area contributed by atoms with Crippen LogP contribution in [-0.4, -0.2) is 20.2 Å². The molecular formula is C12H18N2O2S. The summed E-state index contributed by atoms with van der Waals surface area (Å²) in [6, 6.07) is 7.61. The van der Waals surface area contributed by atoms with E-state index in [0.717, 1.165) is 24.1 Å². The first-order valence-corrected chi connectivity index (χ1v) is 7.50. The number of nitrogens with zero attached hydrogens (tertiary/aromatic N) is 1. The van der Waals surface area contributed by atoms with Crippen molar-refractivity contribution in [3.63, 3.8) is 0 Å². The van der Waals surface area contributed by atoms with Crippen LogP contribution in [-0.2, 0) is 16.6 Å². The van der Waals surface area contributed by atoms with Crippen LogP contribution in [0.15, 0.2) is 24.3 Å². The van der Waals surface area contributed by atoms with E-state index in [1.165, 1.54) is 0 Å². The Morgan fingerprint density at radius 2 is 1.88 bits per heavy atom. The molecule has 1 aliphatic carbocycles. The van der Waals surface area contributed by atoms with Crippen molar-refractivity contribution in [2.24, 2.45) is 5.73 Å². The molecule has 0 heterocycles. The second-order valence-electron chi connectivity index (χ2n) is 4.30. The van der Waals surface area contributed by atoms with Crippen molar-refractivity contribution < 1.29 is 8.42 Å². The highest BCUT2D eigenvalue weighted by molar-refractivity contribution is 7.92. The predicted octanol–water partition coefficient (Wildman–Crippen LogP) is 1.46. The Labute approximate surface area is 102 Å². The number of benzene rings is 1. The van der Waals surface area contributed by atoms with Crippen LogP contribution in [0, 0.1) is 0 Å². The van der Waals surface area contributed by atoms with E-state index in [2.05, 4.69) is 0 Å². The highest BCUT2D eigenvalue weighted by Crippen LogP contribution is 2.34. The molecule has 17 heavy (non-hydrogen) atoms. The van der Waals surface area contributed by atoms with Gasteiger partial charge >= 0.3 is 0 Å². The van der Waals surface area contributed by atoms with Crippen LogP contribution in [0.5, 0.6) is 0 Å². The zero-order chi connectivity index (χ0) is 12.5. The van der Waals surface area contributed by atoms with Gasteiger partial charge < -0.3 is 5.73 Å². The van der Waals surface area contributed by atoms with Crippen molar-refractivity contribution in [1.29, 1.82) is 0 Å². The number of rotatable bonds is 5. The summed E-state index contributed by atoms with van der Waals surface area (Å²) in [5, 5.41) is 0. The van der Waals surface area contributed by atoms with Gasteiger partial charge in [-0.3, -0.25) is 4.31 Å². The first-order valence-electron chi connectivity index (χ1n) is 5.89. The third-order valence-electron chi connectivity index (χ3n) is 2.97. The molecular weight excluding hydrogens is 236 g/mol. The maximum Gasteiger partial charge on any atom is 0.235 e. The topological polar surface area (TPSA) is 63.4 Å². The fraction of sp³-hybridized carbons (Fsp3) is 0.500. The van der Waals surface area contributed by atoms with Crippen LogP contribution < -0.4 is 10.0 Å². The number of hydrogen-bond acceptors (Lipinski definition) is 3. The molecule has 0 amide bonds. The smallest absolute Gasteiger partial charge is 0.235 e. The molecule has 4 nitrogen and oxygen atoms in total. The van der Waals surface area contributed by atoms with Gasteiger partial charge in [0, 0.05) is 12.6 Å². The zero-order valence-corrected chi connectivity index (χ0v) is 10.8. The van der Waals surface area contributed by atoms with Gasteiger partial charge in [-0.1, -0.05) is 12.1 Å². The van der Waals surface area contributed by atoms with E-state index < -0.39 is 10.0 Å². The number of sulfonamides is 1. The highest BCUT2D eigenvalue weighted by atomic mass is 32.2. The van der Waals surface area contributed by atoms with E-state index in [4.69, 9.17) is 5.73 Å². The van der Waals surface area contributed by atoms with Crippen LogP contribution in [0.2, 0.25) is 0 Å². The maximum absolute atomic E-state index is 12.0. The summed E-state index contributed by atoms with van der Waals surface area (Å²) in [4.78, 5) is 0. The third-order valence-corrected chi connectivity index (χ3v) is 4.81. The lowest BCUT2D eigenvalue weighted by Crippen LogP contribution is -2.34. The van der Waals surface area contributed by atoms with E-state index in [9.17, 15) is 8.42 Å². The molecule has 5 heteroatoms. The summed E-state index contributed by atoms with van der Waals surface area (Å²) >= 11 is 0.